The number of nitrogens with zero attached hydrogens (tertiary/aromatic N) is 3. The number of aromatic nitrogens is 1. The molecule has 1 aliphatic heterocycles. The van der Waals surface area contributed by atoms with Crippen molar-refractivity contribution in [2.24, 2.45) is 18.0 Å². The molecule has 0 radical (unpaired) electrons. The van der Waals surface area contributed by atoms with E-state index in [0.29, 0.717) is 22.6 Å². The smallest absolute Gasteiger partial charge is 0.191 e. The van der Waals surface area contributed by atoms with Gasteiger partial charge in [0.05, 0.1) is 11.6 Å². The number of likely N-dealkylation sites (tertiary alicyclic amines) is 1. The highest BCUT2D eigenvalue weighted by Gasteiger charge is 2.20. The first kappa shape index (κ1) is 20.5. The topological polar surface area (TPSA) is 44.6 Å². The van der Waals surface area contributed by atoms with E-state index in [0.717, 1.165) is 31.3 Å². The molecule has 0 saturated carbocycles. The van der Waals surface area contributed by atoms with Gasteiger partial charge in [-0.05, 0) is 42.8 Å². The molecule has 148 valence electrons. The van der Waals surface area contributed by atoms with Gasteiger partial charge < -0.3 is 15.2 Å². The van der Waals surface area contributed by atoms with Crippen molar-refractivity contribution in [3.63, 3.8) is 0 Å². The van der Waals surface area contributed by atoms with Crippen molar-refractivity contribution < 1.29 is 0 Å². The van der Waals surface area contributed by atoms with Gasteiger partial charge in [0.15, 0.2) is 5.96 Å². The predicted octanol–water partition coefficient (Wildman–Crippen LogP) is 3.97. The summed E-state index contributed by atoms with van der Waals surface area (Å²) in [5.74, 6) is 1.44. The van der Waals surface area contributed by atoms with E-state index in [1.54, 1.807) is 7.05 Å². The second-order valence-electron chi connectivity index (χ2n) is 6.96. The standard InChI is InChI=1S/C19H27Cl2N5S/c1-22-19(24-11-15-9-17(20)18(21)25(15)2)23-10-14-5-3-7-26(12-14)13-16-6-4-8-27-16/h4,6,8-9,14H,3,5,7,10-13H2,1-2H3,(H2,22,23,24). The van der Waals surface area contributed by atoms with E-state index in [1.807, 2.05) is 29.0 Å². The summed E-state index contributed by atoms with van der Waals surface area (Å²) in [6.45, 7) is 4.94. The Balaban J connectivity index is 1.45. The fourth-order valence-electron chi connectivity index (χ4n) is 3.48. The Kier molecular flexibility index (Phi) is 7.47. The van der Waals surface area contributed by atoms with Crippen LogP contribution in [0.3, 0.4) is 0 Å². The van der Waals surface area contributed by atoms with Gasteiger partial charge in [-0.3, -0.25) is 9.89 Å². The summed E-state index contributed by atoms with van der Waals surface area (Å²) in [5.41, 5.74) is 1.02. The van der Waals surface area contributed by atoms with Crippen LogP contribution in [0.4, 0.5) is 0 Å². The van der Waals surface area contributed by atoms with Crippen molar-refractivity contribution in [1.82, 2.24) is 20.1 Å². The average Bonchev–Trinajstić information content (AvgIpc) is 3.26. The molecule has 1 aliphatic rings. The van der Waals surface area contributed by atoms with Crippen LogP contribution in [-0.4, -0.2) is 42.1 Å². The van der Waals surface area contributed by atoms with E-state index in [1.165, 1.54) is 24.3 Å². The number of nitrogens with one attached hydrogen (secondary N) is 2. The molecule has 5 nitrogen and oxygen atoms in total. The minimum Gasteiger partial charge on any atom is -0.356 e. The number of halogens is 2. The number of aliphatic imine (C=N–C) groups is 1. The maximum Gasteiger partial charge on any atom is 0.191 e. The summed E-state index contributed by atoms with van der Waals surface area (Å²) in [5, 5.41) is 10.1. The lowest BCUT2D eigenvalue weighted by Crippen LogP contribution is -2.44. The molecule has 1 saturated heterocycles. The molecule has 3 rings (SSSR count). The van der Waals surface area contributed by atoms with Gasteiger partial charge in [-0.15, -0.1) is 11.3 Å². The van der Waals surface area contributed by atoms with Crippen molar-refractivity contribution in [1.29, 1.82) is 0 Å². The molecule has 2 aromatic rings. The van der Waals surface area contributed by atoms with Gasteiger partial charge in [0.1, 0.15) is 5.15 Å². The maximum absolute atomic E-state index is 6.13. The molecule has 0 spiro atoms. The number of hydrogen-bond donors (Lipinski definition) is 2. The molecular weight excluding hydrogens is 401 g/mol. The van der Waals surface area contributed by atoms with Gasteiger partial charge in [-0.25, -0.2) is 0 Å². The SMILES string of the molecule is CN=C(NCc1cc(Cl)c(Cl)n1C)NCC1CCCN(Cc2cccs2)C1. The Morgan fingerprint density at radius 1 is 1.37 bits per heavy atom. The Hall–Kier alpha value is -1.21. The van der Waals surface area contributed by atoms with Crippen LogP contribution in [0.1, 0.15) is 23.4 Å². The first-order valence-electron chi connectivity index (χ1n) is 9.25. The summed E-state index contributed by atoms with van der Waals surface area (Å²) < 4.78 is 1.88. The molecule has 0 amide bonds. The summed E-state index contributed by atoms with van der Waals surface area (Å²) in [7, 11) is 3.70. The quantitative estimate of drug-likeness (QED) is 0.541. The Labute approximate surface area is 175 Å². The summed E-state index contributed by atoms with van der Waals surface area (Å²) in [4.78, 5) is 8.34. The molecule has 2 N–H and O–H groups in total. The molecule has 1 atom stereocenters. The van der Waals surface area contributed by atoms with Crippen LogP contribution in [-0.2, 0) is 20.1 Å². The lowest BCUT2D eigenvalue weighted by molar-refractivity contribution is 0.169. The molecule has 27 heavy (non-hydrogen) atoms. The highest BCUT2D eigenvalue weighted by molar-refractivity contribution is 7.09. The minimum absolute atomic E-state index is 0.560. The van der Waals surface area contributed by atoms with Crippen LogP contribution >= 0.6 is 34.5 Å². The Morgan fingerprint density at radius 2 is 2.22 bits per heavy atom. The molecule has 0 aliphatic carbocycles. The van der Waals surface area contributed by atoms with Gasteiger partial charge in [0, 0.05) is 44.3 Å². The number of guanidine groups is 1. The first-order valence-corrected chi connectivity index (χ1v) is 10.9. The number of rotatable bonds is 6. The Bertz CT molecular complexity index is 756. The van der Waals surface area contributed by atoms with E-state index >= 15 is 0 Å². The van der Waals surface area contributed by atoms with Crippen LogP contribution in [0.15, 0.2) is 28.6 Å². The monoisotopic (exact) mass is 427 g/mol. The molecular formula is C19H27Cl2N5S. The van der Waals surface area contributed by atoms with E-state index < -0.39 is 0 Å². The van der Waals surface area contributed by atoms with E-state index in [2.05, 4.69) is 38.0 Å². The highest BCUT2D eigenvalue weighted by Crippen LogP contribution is 2.25. The summed E-state index contributed by atoms with van der Waals surface area (Å²) in [6, 6.07) is 6.24. The third kappa shape index (κ3) is 5.64. The number of hydrogen-bond acceptors (Lipinski definition) is 3. The van der Waals surface area contributed by atoms with Crippen LogP contribution in [0.25, 0.3) is 0 Å². The van der Waals surface area contributed by atoms with Gasteiger partial charge in [-0.2, -0.15) is 0 Å². The predicted molar refractivity (Wildman–Crippen MR) is 116 cm³/mol. The van der Waals surface area contributed by atoms with Gasteiger partial charge in [0.25, 0.3) is 0 Å². The third-order valence-corrected chi connectivity index (χ3v) is 6.70. The minimum atomic E-state index is 0.560. The van der Waals surface area contributed by atoms with E-state index in [-0.39, 0.29) is 0 Å². The highest BCUT2D eigenvalue weighted by atomic mass is 35.5. The van der Waals surface area contributed by atoms with E-state index in [4.69, 9.17) is 23.2 Å². The van der Waals surface area contributed by atoms with Crippen molar-refractivity contribution in [2.45, 2.75) is 25.9 Å². The van der Waals surface area contributed by atoms with Gasteiger partial charge in [0.2, 0.25) is 0 Å². The van der Waals surface area contributed by atoms with Crippen molar-refractivity contribution in [3.8, 4) is 0 Å². The van der Waals surface area contributed by atoms with Crippen molar-refractivity contribution >= 4 is 40.5 Å². The fraction of sp³-hybridized carbons (Fsp3) is 0.526. The van der Waals surface area contributed by atoms with Crippen LogP contribution in [0.5, 0.6) is 0 Å². The lowest BCUT2D eigenvalue weighted by Gasteiger charge is -2.32. The average molecular weight is 428 g/mol. The second-order valence-corrected chi connectivity index (χ2v) is 8.76. The zero-order chi connectivity index (χ0) is 19.2. The molecule has 8 heteroatoms. The molecule has 2 aromatic heterocycles. The van der Waals surface area contributed by atoms with Gasteiger partial charge in [-0.1, -0.05) is 29.3 Å². The van der Waals surface area contributed by atoms with Crippen LogP contribution in [0.2, 0.25) is 10.2 Å². The van der Waals surface area contributed by atoms with Crippen LogP contribution < -0.4 is 10.6 Å². The number of piperidine rings is 1. The van der Waals surface area contributed by atoms with Crippen LogP contribution in [0, 0.1) is 5.92 Å². The van der Waals surface area contributed by atoms with E-state index in [9.17, 15) is 0 Å². The van der Waals surface area contributed by atoms with Crippen molar-refractivity contribution in [3.05, 3.63) is 44.3 Å². The lowest BCUT2D eigenvalue weighted by atomic mass is 9.98. The zero-order valence-electron chi connectivity index (χ0n) is 15.8. The van der Waals surface area contributed by atoms with Gasteiger partial charge >= 0.3 is 0 Å². The maximum atomic E-state index is 6.13. The molecule has 0 bridgehead atoms. The molecule has 1 fully saturated rings. The largest absolute Gasteiger partial charge is 0.356 e. The Morgan fingerprint density at radius 3 is 2.89 bits per heavy atom. The normalized spacial score (nSPS) is 18.7. The zero-order valence-corrected chi connectivity index (χ0v) is 18.2. The molecule has 3 heterocycles. The summed E-state index contributed by atoms with van der Waals surface area (Å²) in [6.07, 6.45) is 2.51. The second kappa shape index (κ2) is 9.82. The molecule has 1 unspecified atom stereocenters. The first-order chi connectivity index (χ1) is 13.1. The third-order valence-electron chi connectivity index (χ3n) is 5.00. The van der Waals surface area contributed by atoms with Crippen molar-refractivity contribution in [2.75, 3.05) is 26.7 Å². The fourth-order valence-corrected chi connectivity index (χ4v) is 4.64. The summed E-state index contributed by atoms with van der Waals surface area (Å²) >= 11 is 14.0. The number of thiophene rings is 1. The molecule has 0 aromatic carbocycles.